The van der Waals surface area contributed by atoms with Crippen LogP contribution >= 0.6 is 0 Å². The van der Waals surface area contributed by atoms with Crippen molar-refractivity contribution in [3.8, 4) is 5.75 Å². The molecule has 4 rings (SSSR count). The molecule has 0 saturated carbocycles. The molecule has 182 valence electrons. The van der Waals surface area contributed by atoms with E-state index in [-0.39, 0.29) is 24.2 Å². The second-order valence-corrected chi connectivity index (χ2v) is 10.4. The molecule has 0 radical (unpaired) electrons. The summed E-state index contributed by atoms with van der Waals surface area (Å²) in [5.41, 5.74) is 1.64. The van der Waals surface area contributed by atoms with E-state index in [0.717, 1.165) is 0 Å². The first-order chi connectivity index (χ1) is 16.7. The molecule has 8 nitrogen and oxygen atoms in total. The summed E-state index contributed by atoms with van der Waals surface area (Å²) in [6.07, 6.45) is -1.11. The van der Waals surface area contributed by atoms with Gasteiger partial charge in [-0.3, -0.25) is 13.9 Å². The fourth-order valence-electron chi connectivity index (χ4n) is 3.81. The predicted octanol–water partition coefficient (Wildman–Crippen LogP) is 3.56. The van der Waals surface area contributed by atoms with Gasteiger partial charge in [0.2, 0.25) is 10.0 Å². The molecule has 0 fully saturated rings. The Labute approximate surface area is 205 Å². The highest BCUT2D eigenvalue weighted by Gasteiger charge is 2.37. The van der Waals surface area contributed by atoms with Gasteiger partial charge in [-0.25, -0.2) is 8.42 Å². The van der Waals surface area contributed by atoms with Crippen molar-refractivity contribution in [2.45, 2.75) is 31.7 Å². The third-order valence-corrected chi connectivity index (χ3v) is 7.12. The van der Waals surface area contributed by atoms with Gasteiger partial charge < -0.3 is 15.4 Å². The standard InChI is InChI=1S/C26H27N3O5S/c1-18(2)27-25(30)20-12-6-7-13-21(20)28-26(31)24-16-29(22-14-8-9-15-23(22)34-24)35(32,33)17-19-10-4-3-5-11-19/h3-15,18,24H,16-17H2,1-2H3,(H,27,30)(H,28,31)/t24-/m1/s1. The average Bonchev–Trinajstić information content (AvgIpc) is 2.83. The molecule has 3 aromatic carbocycles. The van der Waals surface area contributed by atoms with Crippen LogP contribution in [0.1, 0.15) is 29.8 Å². The summed E-state index contributed by atoms with van der Waals surface area (Å²) in [6, 6.07) is 22.1. The molecular weight excluding hydrogens is 466 g/mol. The minimum atomic E-state index is -3.81. The maximum absolute atomic E-state index is 13.4. The number of rotatable bonds is 7. The van der Waals surface area contributed by atoms with Crippen LogP contribution in [-0.2, 0) is 20.6 Å². The number of hydrogen-bond donors (Lipinski definition) is 2. The average molecular weight is 494 g/mol. The third kappa shape index (κ3) is 5.63. The summed E-state index contributed by atoms with van der Waals surface area (Å²) < 4.78 is 33.9. The Balaban J connectivity index is 1.59. The van der Waals surface area contributed by atoms with Gasteiger partial charge in [-0.2, -0.15) is 0 Å². The van der Waals surface area contributed by atoms with Crippen molar-refractivity contribution in [2.75, 3.05) is 16.2 Å². The van der Waals surface area contributed by atoms with Crippen LogP contribution in [0, 0.1) is 0 Å². The molecule has 0 saturated heterocycles. The fraction of sp³-hybridized carbons (Fsp3) is 0.231. The van der Waals surface area contributed by atoms with E-state index in [1.54, 1.807) is 72.8 Å². The van der Waals surface area contributed by atoms with E-state index < -0.39 is 22.0 Å². The number of sulfonamides is 1. The van der Waals surface area contributed by atoms with E-state index in [2.05, 4.69) is 10.6 Å². The molecule has 2 N–H and O–H groups in total. The number of para-hydroxylation sites is 3. The van der Waals surface area contributed by atoms with E-state index in [0.29, 0.717) is 28.3 Å². The molecular formula is C26H27N3O5S. The van der Waals surface area contributed by atoms with E-state index >= 15 is 0 Å². The zero-order chi connectivity index (χ0) is 25.0. The molecule has 9 heteroatoms. The number of carbonyl (C=O) groups is 2. The molecule has 3 aromatic rings. The number of nitrogens with one attached hydrogen (secondary N) is 2. The van der Waals surface area contributed by atoms with Crippen molar-refractivity contribution in [3.05, 3.63) is 90.0 Å². The van der Waals surface area contributed by atoms with E-state index in [1.165, 1.54) is 4.31 Å². The number of ether oxygens (including phenoxy) is 1. The number of anilines is 2. The fourth-order valence-corrected chi connectivity index (χ4v) is 5.39. The molecule has 0 unspecified atom stereocenters. The zero-order valence-corrected chi connectivity index (χ0v) is 20.3. The Morgan fingerprint density at radius 2 is 1.63 bits per heavy atom. The second-order valence-electron chi connectivity index (χ2n) is 8.51. The van der Waals surface area contributed by atoms with Crippen LogP contribution < -0.4 is 19.7 Å². The van der Waals surface area contributed by atoms with E-state index in [4.69, 9.17) is 4.74 Å². The van der Waals surface area contributed by atoms with Gasteiger partial charge in [0.25, 0.3) is 11.8 Å². The summed E-state index contributed by atoms with van der Waals surface area (Å²) >= 11 is 0. The Bertz CT molecular complexity index is 1330. The molecule has 2 amide bonds. The highest BCUT2D eigenvalue weighted by molar-refractivity contribution is 7.92. The van der Waals surface area contributed by atoms with Crippen molar-refractivity contribution in [2.24, 2.45) is 0 Å². The summed E-state index contributed by atoms with van der Waals surface area (Å²) in [4.78, 5) is 25.8. The smallest absolute Gasteiger partial charge is 0.267 e. The SMILES string of the molecule is CC(C)NC(=O)c1ccccc1NC(=O)[C@H]1CN(S(=O)(=O)Cc2ccccc2)c2ccccc2O1. The van der Waals surface area contributed by atoms with Gasteiger partial charge in [-0.05, 0) is 43.7 Å². The lowest BCUT2D eigenvalue weighted by Crippen LogP contribution is -2.49. The largest absolute Gasteiger partial charge is 0.476 e. The minimum absolute atomic E-state index is 0.0761. The lowest BCUT2D eigenvalue weighted by molar-refractivity contribution is -0.122. The van der Waals surface area contributed by atoms with Crippen LogP contribution in [0.5, 0.6) is 5.75 Å². The Morgan fingerprint density at radius 1 is 0.971 bits per heavy atom. The first-order valence-electron chi connectivity index (χ1n) is 11.3. The minimum Gasteiger partial charge on any atom is -0.476 e. The highest BCUT2D eigenvalue weighted by atomic mass is 32.2. The van der Waals surface area contributed by atoms with Crippen molar-refractivity contribution in [1.82, 2.24) is 5.32 Å². The zero-order valence-electron chi connectivity index (χ0n) is 19.5. The molecule has 0 spiro atoms. The first kappa shape index (κ1) is 24.3. The van der Waals surface area contributed by atoms with Crippen molar-refractivity contribution >= 4 is 33.2 Å². The van der Waals surface area contributed by atoms with Crippen LogP contribution in [-0.4, -0.2) is 38.9 Å². The number of nitrogens with zero attached hydrogens (tertiary/aromatic N) is 1. The van der Waals surface area contributed by atoms with Gasteiger partial charge in [0.05, 0.1) is 29.2 Å². The van der Waals surface area contributed by atoms with Gasteiger partial charge >= 0.3 is 0 Å². The molecule has 35 heavy (non-hydrogen) atoms. The highest BCUT2D eigenvalue weighted by Crippen LogP contribution is 2.36. The molecule has 1 atom stereocenters. The normalized spacial score (nSPS) is 15.2. The molecule has 1 aliphatic heterocycles. The summed E-state index contributed by atoms with van der Waals surface area (Å²) in [5.74, 6) is -0.794. The van der Waals surface area contributed by atoms with Crippen LogP contribution in [0.25, 0.3) is 0 Å². The van der Waals surface area contributed by atoms with Gasteiger partial charge in [0.15, 0.2) is 6.10 Å². The number of amides is 2. The monoisotopic (exact) mass is 493 g/mol. The maximum Gasteiger partial charge on any atom is 0.267 e. The van der Waals surface area contributed by atoms with Crippen molar-refractivity contribution in [3.63, 3.8) is 0 Å². The number of carbonyl (C=O) groups excluding carboxylic acids is 2. The van der Waals surface area contributed by atoms with Crippen LogP contribution in [0.3, 0.4) is 0 Å². The van der Waals surface area contributed by atoms with Gasteiger partial charge in [0, 0.05) is 6.04 Å². The first-order valence-corrected chi connectivity index (χ1v) is 12.9. The topological polar surface area (TPSA) is 105 Å². The molecule has 0 bridgehead atoms. The van der Waals surface area contributed by atoms with Gasteiger partial charge in [-0.1, -0.05) is 54.6 Å². The number of hydrogen-bond acceptors (Lipinski definition) is 5. The quantitative estimate of drug-likeness (QED) is 0.524. The molecule has 0 aromatic heterocycles. The maximum atomic E-state index is 13.4. The van der Waals surface area contributed by atoms with Crippen LogP contribution in [0.15, 0.2) is 78.9 Å². The number of fused-ring (bicyclic) bond motifs is 1. The lowest BCUT2D eigenvalue weighted by Gasteiger charge is -2.34. The molecule has 0 aliphatic carbocycles. The van der Waals surface area contributed by atoms with Crippen molar-refractivity contribution in [1.29, 1.82) is 0 Å². The third-order valence-electron chi connectivity index (χ3n) is 5.40. The van der Waals surface area contributed by atoms with Gasteiger partial charge in [0.1, 0.15) is 5.75 Å². The van der Waals surface area contributed by atoms with Crippen LogP contribution in [0.2, 0.25) is 0 Å². The van der Waals surface area contributed by atoms with E-state index in [1.807, 2.05) is 19.9 Å². The Kier molecular flexibility index (Phi) is 7.07. The predicted molar refractivity (Wildman–Crippen MR) is 135 cm³/mol. The summed E-state index contributed by atoms with van der Waals surface area (Å²) in [5, 5.41) is 5.55. The second kappa shape index (κ2) is 10.2. The molecule has 1 heterocycles. The Hall–Kier alpha value is -3.85. The summed E-state index contributed by atoms with van der Waals surface area (Å²) in [6.45, 7) is 3.49. The van der Waals surface area contributed by atoms with E-state index in [9.17, 15) is 18.0 Å². The molecule has 1 aliphatic rings. The van der Waals surface area contributed by atoms with Crippen molar-refractivity contribution < 1.29 is 22.7 Å². The van der Waals surface area contributed by atoms with Gasteiger partial charge in [-0.15, -0.1) is 0 Å². The van der Waals surface area contributed by atoms with Crippen LogP contribution in [0.4, 0.5) is 11.4 Å². The lowest BCUT2D eigenvalue weighted by atomic mass is 10.1. The summed E-state index contributed by atoms with van der Waals surface area (Å²) in [7, 11) is -3.81. The number of benzene rings is 3. The Morgan fingerprint density at radius 3 is 2.37 bits per heavy atom.